The number of nitrogens with two attached hydrogens (primary N) is 7. The Hall–Kier alpha value is -8.91. The Balaban J connectivity index is 1.56. The summed E-state index contributed by atoms with van der Waals surface area (Å²) in [6.45, 7) is 3.86. The first-order valence-electron chi connectivity index (χ1n) is 32.2. The second kappa shape index (κ2) is 41.0. The molecule has 0 saturated carbocycles. The number of primary amides is 3. The molecule has 2 fully saturated rings. The van der Waals surface area contributed by atoms with Gasteiger partial charge in [-0.15, -0.1) is 0 Å². The number of carbonyl (C=O) groups is 13. The molecule has 2 aromatic rings. The van der Waals surface area contributed by atoms with Crippen molar-refractivity contribution in [1.29, 1.82) is 0 Å². The van der Waals surface area contributed by atoms with Crippen molar-refractivity contribution in [1.82, 2.24) is 52.3 Å². The Bertz CT molecular complexity index is 2960. The van der Waals surface area contributed by atoms with E-state index in [4.69, 9.17) is 40.1 Å². The van der Waals surface area contributed by atoms with Crippen LogP contribution in [-0.2, 0) is 75.2 Å². The number of guanidine groups is 1. The molecule has 0 unspecified atom stereocenters. The average Bonchev–Trinajstić information content (AvgIpc) is 1.74. The highest BCUT2D eigenvalue weighted by atomic mass is 32.2. The maximum absolute atomic E-state index is 14.7. The molecule has 4 rings (SSSR count). The summed E-state index contributed by atoms with van der Waals surface area (Å²) in [7, 11) is 0. The summed E-state index contributed by atoms with van der Waals surface area (Å²) < 4.78 is 0. The lowest BCUT2D eigenvalue weighted by molar-refractivity contribution is -0.144. The molecule has 2 heterocycles. The van der Waals surface area contributed by atoms with Gasteiger partial charge in [0, 0.05) is 45.3 Å². The molecule has 0 aliphatic carbocycles. The van der Waals surface area contributed by atoms with Crippen LogP contribution in [0.4, 0.5) is 0 Å². The van der Waals surface area contributed by atoms with E-state index in [1.165, 1.54) is 21.6 Å². The zero-order valence-electron chi connectivity index (χ0n) is 54.5. The van der Waals surface area contributed by atoms with Crippen LogP contribution in [0, 0.1) is 5.92 Å². The second-order valence-corrected chi connectivity index (χ2v) is 25.1. The first-order chi connectivity index (χ1) is 45.2. The van der Waals surface area contributed by atoms with Crippen molar-refractivity contribution >= 4 is 94.5 Å². The topological polar surface area (TPSA) is 519 Å². The van der Waals surface area contributed by atoms with Crippen molar-refractivity contribution in [2.45, 2.75) is 183 Å². The van der Waals surface area contributed by atoms with E-state index in [0.717, 1.165) is 0 Å². The molecule has 2 aliphatic rings. The van der Waals surface area contributed by atoms with Gasteiger partial charge in [0.15, 0.2) is 5.96 Å². The summed E-state index contributed by atoms with van der Waals surface area (Å²) >= 11 is 1.45. The SMILES string of the molecule is CSCC[C@H](NC(=O)[C@@H](CC(C)C)NC(=O)CNC(=O)[C@@H](Cc1ccccc1)NC(=O)[C@H](Cc1ccccc1)NC(=O)[C@H](CCC(N)=O)NC(=O)[C@@H](CCC(N)=O)NC(=O)[C@H]1CCCN1C(=O)[C@H](CCCCN)NC(=O)[C@H]1CCCN1C(=O)[C@@H](N)CCCN=C(N)N)C(N)=O. The first kappa shape index (κ1) is 78.5. The quantitative estimate of drug-likeness (QED) is 0.0173. The Morgan fingerprint density at radius 1 is 0.537 bits per heavy atom. The van der Waals surface area contributed by atoms with E-state index in [2.05, 4.69) is 47.5 Å². The third-order valence-electron chi connectivity index (χ3n) is 16.0. The number of nitrogens with one attached hydrogen (secondary N) is 8. The number of thioether (sulfide) groups is 1. The maximum Gasteiger partial charge on any atom is 0.245 e. The lowest BCUT2D eigenvalue weighted by Gasteiger charge is -2.32. The minimum atomic E-state index is -1.64. The van der Waals surface area contributed by atoms with E-state index in [1.807, 2.05) is 20.1 Å². The molecule has 10 atom stereocenters. The minimum Gasteiger partial charge on any atom is -0.370 e. The Kier molecular flexibility index (Phi) is 33.9. The zero-order chi connectivity index (χ0) is 70.1. The molecular formula is C63H98N18O13S. The lowest BCUT2D eigenvalue weighted by atomic mass is 10.0. The van der Waals surface area contributed by atoms with Crippen molar-refractivity contribution in [3.63, 3.8) is 0 Å². The number of carbonyl (C=O) groups excluding carboxylic acids is 13. The molecule has 31 nitrogen and oxygen atoms in total. The molecule has 0 bridgehead atoms. The number of hydrogen-bond acceptors (Lipinski definition) is 17. The average molecular weight is 1350 g/mol. The summed E-state index contributed by atoms with van der Waals surface area (Å²) in [5.41, 5.74) is 40.6. The molecule has 2 aromatic carbocycles. The molecule has 95 heavy (non-hydrogen) atoms. The van der Waals surface area contributed by atoms with Crippen LogP contribution < -0.4 is 82.7 Å². The van der Waals surface area contributed by atoms with Crippen molar-refractivity contribution in [2.75, 3.05) is 44.7 Å². The predicted molar refractivity (Wildman–Crippen MR) is 356 cm³/mol. The highest BCUT2D eigenvalue weighted by molar-refractivity contribution is 7.98. The highest BCUT2D eigenvalue weighted by Gasteiger charge is 2.42. The van der Waals surface area contributed by atoms with Crippen LogP contribution in [0.15, 0.2) is 65.7 Å². The molecule has 2 saturated heterocycles. The van der Waals surface area contributed by atoms with E-state index in [0.29, 0.717) is 55.4 Å². The van der Waals surface area contributed by atoms with Gasteiger partial charge in [0.2, 0.25) is 76.8 Å². The second-order valence-electron chi connectivity index (χ2n) is 24.1. The third-order valence-corrected chi connectivity index (χ3v) is 16.7. The summed E-state index contributed by atoms with van der Waals surface area (Å²) in [4.78, 5) is 185. The van der Waals surface area contributed by atoms with Crippen molar-refractivity contribution in [2.24, 2.45) is 51.0 Å². The number of hydrogen-bond donors (Lipinski definition) is 15. The number of amides is 13. The van der Waals surface area contributed by atoms with Crippen molar-refractivity contribution < 1.29 is 62.3 Å². The third kappa shape index (κ3) is 27.5. The number of aliphatic imine (C=N–C) groups is 1. The molecule has 0 spiro atoms. The van der Waals surface area contributed by atoms with Crippen LogP contribution in [0.25, 0.3) is 0 Å². The Morgan fingerprint density at radius 2 is 1.01 bits per heavy atom. The summed E-state index contributed by atoms with van der Waals surface area (Å²) in [5.74, 6) is -9.80. The van der Waals surface area contributed by atoms with E-state index < -0.39 is 169 Å². The predicted octanol–water partition coefficient (Wildman–Crippen LogP) is -3.71. The van der Waals surface area contributed by atoms with Gasteiger partial charge in [0.1, 0.15) is 54.4 Å². The Morgan fingerprint density at radius 3 is 1.51 bits per heavy atom. The highest BCUT2D eigenvalue weighted by Crippen LogP contribution is 2.24. The van der Waals surface area contributed by atoms with Gasteiger partial charge in [-0.25, -0.2) is 0 Å². The number of rotatable bonds is 42. The van der Waals surface area contributed by atoms with Crippen LogP contribution in [0.3, 0.4) is 0 Å². The van der Waals surface area contributed by atoms with Gasteiger partial charge in [0.25, 0.3) is 0 Å². The van der Waals surface area contributed by atoms with Crippen LogP contribution in [-0.4, -0.2) is 198 Å². The summed E-state index contributed by atoms with van der Waals surface area (Å²) in [5, 5.41) is 21.1. The molecule has 0 aromatic heterocycles. The zero-order valence-corrected chi connectivity index (χ0v) is 55.3. The monoisotopic (exact) mass is 1350 g/mol. The molecule has 2 aliphatic heterocycles. The van der Waals surface area contributed by atoms with Gasteiger partial charge < -0.3 is 92.5 Å². The fraction of sp³-hybridized carbons (Fsp3) is 0.587. The number of unbranched alkanes of at least 4 members (excludes halogenated alkanes) is 1. The van der Waals surface area contributed by atoms with Gasteiger partial charge in [0.05, 0.1) is 12.6 Å². The fourth-order valence-corrected chi connectivity index (χ4v) is 11.5. The van der Waals surface area contributed by atoms with Crippen LogP contribution >= 0.6 is 11.8 Å². The molecule has 524 valence electrons. The van der Waals surface area contributed by atoms with Crippen LogP contribution in [0.2, 0.25) is 0 Å². The molecule has 0 radical (unpaired) electrons. The largest absolute Gasteiger partial charge is 0.370 e. The van der Waals surface area contributed by atoms with Crippen molar-refractivity contribution in [3.8, 4) is 0 Å². The standard InChI is InChI=1S/C63H98N18O13S/c1-37(2)33-45(57(89)74-41(53(68)85)27-32-95-3)73-52(84)36-72-54(86)46(34-38-15-6-4-7-16-38)78-58(90)47(35-39-17-8-5-9-18-39)79-56(88)42(23-25-50(66)82)75-55(87)43(24-26-51(67)83)76-59(91)49-22-14-31-81(49)62(94)44(20-10-11-28-64)77-60(92)48-21-13-30-80(48)61(93)40(65)19-12-29-71-63(69)70/h4-9,15-18,37,40-49H,10-14,19-36,64-65H2,1-3H3,(H2,66,82)(H2,67,83)(H2,68,85)(H,72,86)(H,73,84)(H,74,89)(H,75,87)(H,76,91)(H,77,92)(H,78,90)(H,79,88)(H4,69,70,71)/t40-,41-,42-,43+,44-,45+,46+,47-,48+,49+/m0/s1. The van der Waals surface area contributed by atoms with Gasteiger partial charge in [-0.05, 0) is 119 Å². The van der Waals surface area contributed by atoms with E-state index in [1.54, 1.807) is 60.7 Å². The Labute approximate surface area is 558 Å². The van der Waals surface area contributed by atoms with Crippen molar-refractivity contribution in [3.05, 3.63) is 71.8 Å². The number of likely N-dealkylation sites (tertiary alicyclic amines) is 2. The molecule has 22 N–H and O–H groups in total. The molecule has 13 amide bonds. The van der Waals surface area contributed by atoms with E-state index in [9.17, 15) is 62.3 Å². The van der Waals surface area contributed by atoms with Gasteiger partial charge in [-0.2, -0.15) is 11.8 Å². The smallest absolute Gasteiger partial charge is 0.245 e. The molecule has 32 heteroatoms. The van der Waals surface area contributed by atoms with Gasteiger partial charge in [-0.1, -0.05) is 74.5 Å². The minimum absolute atomic E-state index is 0.0736. The van der Waals surface area contributed by atoms with Crippen LogP contribution in [0.5, 0.6) is 0 Å². The summed E-state index contributed by atoms with van der Waals surface area (Å²) in [6, 6.07) is 4.51. The molecular weight excluding hydrogens is 1250 g/mol. The lowest BCUT2D eigenvalue weighted by Crippen LogP contribution is -2.60. The van der Waals surface area contributed by atoms with Gasteiger partial charge >= 0.3 is 0 Å². The van der Waals surface area contributed by atoms with Gasteiger partial charge in [-0.3, -0.25) is 67.3 Å². The first-order valence-corrected chi connectivity index (χ1v) is 33.6. The van der Waals surface area contributed by atoms with E-state index >= 15 is 0 Å². The van der Waals surface area contributed by atoms with Crippen LogP contribution in [0.1, 0.15) is 121 Å². The normalized spacial score (nSPS) is 16.8. The number of benzene rings is 2. The van der Waals surface area contributed by atoms with E-state index in [-0.39, 0.29) is 83.0 Å². The maximum atomic E-state index is 14.7. The summed E-state index contributed by atoms with van der Waals surface area (Å²) in [6.07, 6.45) is 3.12. The fourth-order valence-electron chi connectivity index (χ4n) is 11.0. The number of nitrogens with zero attached hydrogens (tertiary/aromatic N) is 3.